The van der Waals surface area contributed by atoms with Gasteiger partial charge in [-0.2, -0.15) is 4.31 Å². The minimum atomic E-state index is -3.63. The summed E-state index contributed by atoms with van der Waals surface area (Å²) in [6, 6.07) is 10.1. The Kier molecular flexibility index (Phi) is 8.02. The molecule has 0 aliphatic rings. The smallest absolute Gasteiger partial charge is 0.248 e. The van der Waals surface area contributed by atoms with Crippen LogP contribution in [0.25, 0.3) is 6.08 Å². The zero-order chi connectivity index (χ0) is 22.3. The third kappa shape index (κ3) is 5.40. The fourth-order valence-corrected chi connectivity index (χ4v) is 4.67. The van der Waals surface area contributed by atoms with E-state index >= 15 is 0 Å². The first-order valence-electron chi connectivity index (χ1n) is 9.58. The van der Waals surface area contributed by atoms with Crippen LogP contribution in [-0.2, 0) is 14.8 Å². The molecule has 0 fully saturated rings. The molecule has 0 saturated carbocycles. The Morgan fingerprint density at radius 1 is 1.07 bits per heavy atom. The van der Waals surface area contributed by atoms with Crippen molar-refractivity contribution in [2.24, 2.45) is 0 Å². The number of benzene rings is 2. The van der Waals surface area contributed by atoms with Crippen molar-refractivity contribution in [2.45, 2.75) is 25.7 Å². The Morgan fingerprint density at radius 2 is 1.77 bits per heavy atom. The number of carbonyl (C=O) groups excluding carboxylic acids is 1. The van der Waals surface area contributed by atoms with Gasteiger partial charge in [0.2, 0.25) is 15.9 Å². The van der Waals surface area contributed by atoms with E-state index in [1.54, 1.807) is 64.3 Å². The highest BCUT2D eigenvalue weighted by molar-refractivity contribution is 7.89. The van der Waals surface area contributed by atoms with Crippen molar-refractivity contribution in [3.8, 4) is 11.5 Å². The highest BCUT2D eigenvalue weighted by atomic mass is 32.2. The lowest BCUT2D eigenvalue weighted by molar-refractivity contribution is -0.111. The number of carbonyl (C=O) groups is 1. The third-order valence-corrected chi connectivity index (χ3v) is 6.83. The maximum Gasteiger partial charge on any atom is 0.248 e. The Labute approximate surface area is 178 Å². The molecule has 0 saturated heterocycles. The van der Waals surface area contributed by atoms with Crippen LogP contribution >= 0.6 is 0 Å². The van der Waals surface area contributed by atoms with Crippen molar-refractivity contribution in [1.29, 1.82) is 0 Å². The number of nitrogens with one attached hydrogen (secondary N) is 1. The summed E-state index contributed by atoms with van der Waals surface area (Å²) in [4.78, 5) is 12.6. The molecule has 7 nitrogen and oxygen atoms in total. The predicted molar refractivity (Wildman–Crippen MR) is 118 cm³/mol. The van der Waals surface area contributed by atoms with E-state index in [0.29, 0.717) is 41.4 Å². The summed E-state index contributed by atoms with van der Waals surface area (Å²) < 4.78 is 37.6. The standard InChI is InChI=1S/C22H28N2O5S/c1-6-24(7-2)30(26,27)21-14-18(11-8-16(21)3)23-22(25)13-10-17-9-12-19(28-4)15-20(17)29-5/h8-15H,6-7H2,1-5H3,(H,23,25)/b13-10+. The van der Waals surface area contributed by atoms with Crippen LogP contribution in [0.5, 0.6) is 11.5 Å². The third-order valence-electron chi connectivity index (χ3n) is 4.63. The molecular formula is C22H28N2O5S. The highest BCUT2D eigenvalue weighted by Gasteiger charge is 2.24. The molecule has 0 unspecified atom stereocenters. The molecule has 0 bridgehead atoms. The van der Waals surface area contributed by atoms with E-state index in [1.165, 1.54) is 23.6 Å². The van der Waals surface area contributed by atoms with Gasteiger partial charge in [0.15, 0.2) is 0 Å². The summed E-state index contributed by atoms with van der Waals surface area (Å²) >= 11 is 0. The second-order valence-electron chi connectivity index (χ2n) is 6.50. The molecule has 1 N–H and O–H groups in total. The lowest BCUT2D eigenvalue weighted by Crippen LogP contribution is -2.31. The van der Waals surface area contributed by atoms with Crippen molar-refractivity contribution in [3.63, 3.8) is 0 Å². The fourth-order valence-electron chi connectivity index (χ4n) is 2.96. The second kappa shape index (κ2) is 10.3. The number of hydrogen-bond donors (Lipinski definition) is 1. The van der Waals surface area contributed by atoms with Gasteiger partial charge in [0.05, 0.1) is 19.1 Å². The predicted octanol–water partition coefficient (Wildman–Crippen LogP) is 3.69. The van der Waals surface area contributed by atoms with Gasteiger partial charge in [-0.15, -0.1) is 0 Å². The molecule has 0 aliphatic carbocycles. The average molecular weight is 433 g/mol. The normalized spacial score (nSPS) is 11.7. The maximum atomic E-state index is 12.9. The number of anilines is 1. The Morgan fingerprint density at radius 3 is 2.37 bits per heavy atom. The molecule has 2 rings (SSSR count). The van der Waals surface area contributed by atoms with Gasteiger partial charge in [-0.1, -0.05) is 19.9 Å². The monoisotopic (exact) mass is 432 g/mol. The van der Waals surface area contributed by atoms with Crippen LogP contribution in [0, 0.1) is 6.92 Å². The van der Waals surface area contributed by atoms with Gasteiger partial charge in [0.25, 0.3) is 0 Å². The van der Waals surface area contributed by atoms with E-state index in [0.717, 1.165) is 0 Å². The van der Waals surface area contributed by atoms with Crippen LogP contribution in [0.3, 0.4) is 0 Å². The summed E-state index contributed by atoms with van der Waals surface area (Å²) in [5.41, 5.74) is 1.74. The summed E-state index contributed by atoms with van der Waals surface area (Å²) in [5, 5.41) is 2.71. The molecule has 0 aromatic heterocycles. The van der Waals surface area contributed by atoms with E-state index in [-0.39, 0.29) is 10.8 Å². The van der Waals surface area contributed by atoms with Crippen molar-refractivity contribution in [2.75, 3.05) is 32.6 Å². The summed E-state index contributed by atoms with van der Waals surface area (Å²) in [6.07, 6.45) is 2.98. The molecular weight excluding hydrogens is 404 g/mol. The molecule has 162 valence electrons. The summed E-state index contributed by atoms with van der Waals surface area (Å²) in [5.74, 6) is 0.833. The molecule has 0 radical (unpaired) electrons. The minimum absolute atomic E-state index is 0.185. The second-order valence-corrected chi connectivity index (χ2v) is 8.41. The van der Waals surface area contributed by atoms with Gasteiger partial charge < -0.3 is 14.8 Å². The summed E-state index contributed by atoms with van der Waals surface area (Å²) in [6.45, 7) is 6.07. The van der Waals surface area contributed by atoms with E-state index in [4.69, 9.17) is 9.47 Å². The minimum Gasteiger partial charge on any atom is -0.497 e. The molecule has 1 amide bonds. The topological polar surface area (TPSA) is 84.9 Å². The van der Waals surface area contributed by atoms with Crippen molar-refractivity contribution in [3.05, 3.63) is 53.6 Å². The van der Waals surface area contributed by atoms with Gasteiger partial charge in [-0.05, 0) is 42.8 Å². The molecule has 0 heterocycles. The van der Waals surface area contributed by atoms with Crippen molar-refractivity contribution < 1.29 is 22.7 Å². The van der Waals surface area contributed by atoms with E-state index in [2.05, 4.69) is 5.32 Å². The van der Waals surface area contributed by atoms with Gasteiger partial charge in [-0.25, -0.2) is 8.42 Å². The zero-order valence-electron chi connectivity index (χ0n) is 17.9. The van der Waals surface area contributed by atoms with Crippen LogP contribution in [0.1, 0.15) is 25.0 Å². The molecule has 0 aliphatic heterocycles. The zero-order valence-corrected chi connectivity index (χ0v) is 18.7. The highest BCUT2D eigenvalue weighted by Crippen LogP contribution is 2.26. The van der Waals surface area contributed by atoms with Crippen molar-refractivity contribution in [1.82, 2.24) is 4.31 Å². The number of ether oxygens (including phenoxy) is 2. The van der Waals surface area contributed by atoms with Crippen molar-refractivity contribution >= 4 is 27.7 Å². The molecule has 2 aromatic carbocycles. The molecule has 8 heteroatoms. The lowest BCUT2D eigenvalue weighted by atomic mass is 10.1. The van der Waals surface area contributed by atoms with Gasteiger partial charge in [0, 0.05) is 36.5 Å². The van der Waals surface area contributed by atoms with Crippen LogP contribution in [-0.4, -0.2) is 45.9 Å². The SMILES string of the molecule is CCN(CC)S(=O)(=O)c1cc(NC(=O)/C=C/c2ccc(OC)cc2OC)ccc1C. The molecule has 30 heavy (non-hydrogen) atoms. The van der Waals surface area contributed by atoms with Crippen LogP contribution in [0.2, 0.25) is 0 Å². The number of aryl methyl sites for hydroxylation is 1. The van der Waals surface area contributed by atoms with Gasteiger partial charge in [-0.3, -0.25) is 4.79 Å². The number of amides is 1. The van der Waals surface area contributed by atoms with E-state index < -0.39 is 10.0 Å². The van der Waals surface area contributed by atoms with Crippen LogP contribution in [0.4, 0.5) is 5.69 Å². The first-order chi connectivity index (χ1) is 14.3. The Bertz CT molecular complexity index is 1030. The molecule has 0 spiro atoms. The summed E-state index contributed by atoms with van der Waals surface area (Å²) in [7, 11) is -0.524. The quantitative estimate of drug-likeness (QED) is 0.611. The molecule has 0 atom stereocenters. The number of nitrogens with zero attached hydrogens (tertiary/aromatic N) is 1. The maximum absolute atomic E-state index is 12.9. The van der Waals surface area contributed by atoms with E-state index in [1.807, 2.05) is 0 Å². The van der Waals surface area contributed by atoms with Crippen LogP contribution in [0.15, 0.2) is 47.4 Å². The Hall–Kier alpha value is -2.84. The first-order valence-corrected chi connectivity index (χ1v) is 11.0. The number of methoxy groups -OCH3 is 2. The lowest BCUT2D eigenvalue weighted by Gasteiger charge is -2.20. The average Bonchev–Trinajstić information content (AvgIpc) is 2.74. The first kappa shape index (κ1) is 23.4. The number of hydrogen-bond acceptors (Lipinski definition) is 5. The fraction of sp³-hybridized carbons (Fsp3) is 0.318. The van der Waals surface area contributed by atoms with Gasteiger partial charge >= 0.3 is 0 Å². The number of rotatable bonds is 9. The molecule has 2 aromatic rings. The number of sulfonamides is 1. The van der Waals surface area contributed by atoms with Crippen LogP contribution < -0.4 is 14.8 Å². The Balaban J connectivity index is 2.23. The van der Waals surface area contributed by atoms with Gasteiger partial charge in [0.1, 0.15) is 11.5 Å². The van der Waals surface area contributed by atoms with E-state index in [9.17, 15) is 13.2 Å². The largest absolute Gasteiger partial charge is 0.497 e.